The minimum Gasteiger partial charge on any atom is -0.308 e. The predicted octanol–water partition coefficient (Wildman–Crippen LogP) is 4.43. The van der Waals surface area contributed by atoms with Crippen molar-refractivity contribution in [2.45, 2.75) is 77.2 Å². The monoisotopic (exact) mass is 281 g/mol. The van der Waals surface area contributed by atoms with Gasteiger partial charge in [-0.2, -0.15) is 0 Å². The van der Waals surface area contributed by atoms with Gasteiger partial charge in [-0.1, -0.05) is 50.4 Å². The molecule has 0 spiro atoms. The van der Waals surface area contributed by atoms with Gasteiger partial charge in [0, 0.05) is 5.92 Å². The lowest BCUT2D eigenvalue weighted by Gasteiger charge is -2.16. The standard InChI is InChI=1S/C15H27N3S/c1-3-11-16-12(2)14-17-18-15(19-14)13-9-7-5-4-6-8-10-13/h12-13,16H,3-11H2,1-2H3. The minimum absolute atomic E-state index is 0.347. The van der Waals surface area contributed by atoms with Gasteiger partial charge < -0.3 is 5.32 Å². The molecule has 1 aliphatic rings. The third-order valence-corrected chi connectivity index (χ3v) is 5.25. The quantitative estimate of drug-likeness (QED) is 0.867. The van der Waals surface area contributed by atoms with E-state index in [4.69, 9.17) is 0 Å². The van der Waals surface area contributed by atoms with Crippen LogP contribution in [0.5, 0.6) is 0 Å². The van der Waals surface area contributed by atoms with E-state index in [0.717, 1.165) is 11.6 Å². The summed E-state index contributed by atoms with van der Waals surface area (Å²) < 4.78 is 0. The maximum absolute atomic E-state index is 4.47. The molecular weight excluding hydrogens is 254 g/mol. The molecule has 1 N–H and O–H groups in total. The molecule has 19 heavy (non-hydrogen) atoms. The van der Waals surface area contributed by atoms with Crippen molar-refractivity contribution in [2.24, 2.45) is 0 Å². The molecule has 0 radical (unpaired) electrons. The first-order valence-electron chi connectivity index (χ1n) is 7.88. The van der Waals surface area contributed by atoms with Gasteiger partial charge in [0.15, 0.2) is 0 Å². The second-order valence-corrected chi connectivity index (χ2v) is 6.74. The molecular formula is C15H27N3S. The van der Waals surface area contributed by atoms with Gasteiger partial charge in [0.2, 0.25) is 0 Å². The molecule has 1 aliphatic carbocycles. The zero-order valence-corrected chi connectivity index (χ0v) is 13.1. The van der Waals surface area contributed by atoms with Crippen LogP contribution in [0.25, 0.3) is 0 Å². The normalized spacial score (nSPS) is 19.9. The van der Waals surface area contributed by atoms with E-state index < -0.39 is 0 Å². The van der Waals surface area contributed by atoms with Gasteiger partial charge in [0.05, 0.1) is 6.04 Å². The molecule has 0 saturated heterocycles. The molecule has 2 rings (SSSR count). The fourth-order valence-corrected chi connectivity index (χ4v) is 3.78. The maximum Gasteiger partial charge on any atom is 0.134 e. The van der Waals surface area contributed by atoms with E-state index in [9.17, 15) is 0 Å². The summed E-state index contributed by atoms with van der Waals surface area (Å²) in [5.41, 5.74) is 0. The highest BCUT2D eigenvalue weighted by molar-refractivity contribution is 7.11. The molecule has 0 aliphatic heterocycles. The summed E-state index contributed by atoms with van der Waals surface area (Å²) in [7, 11) is 0. The average Bonchev–Trinajstić information content (AvgIpc) is 2.85. The van der Waals surface area contributed by atoms with E-state index in [2.05, 4.69) is 29.4 Å². The second kappa shape index (κ2) is 7.95. The molecule has 108 valence electrons. The smallest absolute Gasteiger partial charge is 0.134 e. The fraction of sp³-hybridized carbons (Fsp3) is 0.867. The number of nitrogens with zero attached hydrogens (tertiary/aromatic N) is 2. The SMILES string of the molecule is CCCNC(C)c1nnc(C2CCCCCCC2)s1. The van der Waals surface area contributed by atoms with Gasteiger partial charge in [0.1, 0.15) is 10.0 Å². The Balaban J connectivity index is 1.94. The Kier molecular flexibility index (Phi) is 6.24. The van der Waals surface area contributed by atoms with Crippen LogP contribution >= 0.6 is 11.3 Å². The van der Waals surface area contributed by atoms with E-state index in [1.165, 1.54) is 56.4 Å². The Morgan fingerprint density at radius 3 is 2.53 bits per heavy atom. The highest BCUT2D eigenvalue weighted by Gasteiger charge is 2.19. The van der Waals surface area contributed by atoms with E-state index in [1.54, 1.807) is 0 Å². The van der Waals surface area contributed by atoms with E-state index in [-0.39, 0.29) is 0 Å². The molecule has 1 fully saturated rings. The number of hydrogen-bond donors (Lipinski definition) is 1. The van der Waals surface area contributed by atoms with Crippen molar-refractivity contribution >= 4 is 11.3 Å². The van der Waals surface area contributed by atoms with E-state index in [0.29, 0.717) is 12.0 Å². The number of rotatable bonds is 5. The number of aromatic nitrogens is 2. The molecule has 0 aromatic carbocycles. The van der Waals surface area contributed by atoms with Gasteiger partial charge >= 0.3 is 0 Å². The van der Waals surface area contributed by atoms with E-state index >= 15 is 0 Å². The predicted molar refractivity (Wildman–Crippen MR) is 81.7 cm³/mol. The molecule has 1 unspecified atom stereocenters. The van der Waals surface area contributed by atoms with Crippen molar-refractivity contribution in [2.75, 3.05) is 6.54 Å². The number of hydrogen-bond acceptors (Lipinski definition) is 4. The van der Waals surface area contributed by atoms with Gasteiger partial charge in [0.25, 0.3) is 0 Å². The second-order valence-electron chi connectivity index (χ2n) is 5.70. The Morgan fingerprint density at radius 1 is 1.16 bits per heavy atom. The lowest BCUT2D eigenvalue weighted by atomic mass is 9.92. The van der Waals surface area contributed by atoms with Gasteiger partial charge in [-0.3, -0.25) is 0 Å². The van der Waals surface area contributed by atoms with Crippen molar-refractivity contribution < 1.29 is 0 Å². The Morgan fingerprint density at radius 2 is 1.84 bits per heavy atom. The summed E-state index contributed by atoms with van der Waals surface area (Å²) in [6.45, 7) is 5.44. The van der Waals surface area contributed by atoms with Crippen molar-refractivity contribution in [3.05, 3.63) is 10.0 Å². The van der Waals surface area contributed by atoms with Crippen LogP contribution in [-0.2, 0) is 0 Å². The van der Waals surface area contributed by atoms with E-state index in [1.807, 2.05) is 11.3 Å². The minimum atomic E-state index is 0.347. The number of nitrogens with one attached hydrogen (secondary N) is 1. The van der Waals surface area contributed by atoms with Crippen LogP contribution in [0.1, 0.15) is 87.2 Å². The van der Waals surface area contributed by atoms with Gasteiger partial charge in [-0.05, 0) is 32.7 Å². The summed E-state index contributed by atoms with van der Waals surface area (Å²) in [4.78, 5) is 0. The highest BCUT2D eigenvalue weighted by Crippen LogP contribution is 2.33. The van der Waals surface area contributed by atoms with Crippen LogP contribution in [0.2, 0.25) is 0 Å². The molecule has 1 saturated carbocycles. The first-order chi connectivity index (χ1) is 9.31. The highest BCUT2D eigenvalue weighted by atomic mass is 32.1. The zero-order chi connectivity index (χ0) is 13.5. The molecule has 4 heteroatoms. The van der Waals surface area contributed by atoms with Crippen LogP contribution in [0.15, 0.2) is 0 Å². The van der Waals surface area contributed by atoms with Crippen LogP contribution in [0, 0.1) is 0 Å². The molecule has 3 nitrogen and oxygen atoms in total. The molecule has 1 aromatic rings. The Hall–Kier alpha value is -0.480. The lowest BCUT2D eigenvalue weighted by Crippen LogP contribution is -2.19. The third-order valence-electron chi connectivity index (χ3n) is 3.98. The molecule has 1 atom stereocenters. The summed E-state index contributed by atoms with van der Waals surface area (Å²) in [6.07, 6.45) is 10.7. The summed E-state index contributed by atoms with van der Waals surface area (Å²) in [5, 5.41) is 14.8. The topological polar surface area (TPSA) is 37.8 Å². The van der Waals surface area contributed by atoms with Crippen molar-refractivity contribution in [3.8, 4) is 0 Å². The van der Waals surface area contributed by atoms with Gasteiger partial charge in [-0.15, -0.1) is 10.2 Å². The first-order valence-corrected chi connectivity index (χ1v) is 8.69. The van der Waals surface area contributed by atoms with Crippen molar-refractivity contribution in [3.63, 3.8) is 0 Å². The average molecular weight is 281 g/mol. The zero-order valence-electron chi connectivity index (χ0n) is 12.3. The summed E-state index contributed by atoms with van der Waals surface area (Å²) in [5.74, 6) is 0.671. The molecule has 0 amide bonds. The molecule has 0 bridgehead atoms. The fourth-order valence-electron chi connectivity index (χ4n) is 2.74. The van der Waals surface area contributed by atoms with Crippen molar-refractivity contribution in [1.29, 1.82) is 0 Å². The van der Waals surface area contributed by atoms with Crippen LogP contribution in [0.3, 0.4) is 0 Å². The largest absolute Gasteiger partial charge is 0.308 e. The van der Waals surface area contributed by atoms with Gasteiger partial charge in [-0.25, -0.2) is 0 Å². The van der Waals surface area contributed by atoms with Crippen molar-refractivity contribution in [1.82, 2.24) is 15.5 Å². The first kappa shape index (κ1) is 14.9. The van der Waals surface area contributed by atoms with Crippen LogP contribution in [0.4, 0.5) is 0 Å². The Labute approximate surface area is 121 Å². The summed E-state index contributed by atoms with van der Waals surface area (Å²) in [6, 6.07) is 0.347. The molecule has 1 heterocycles. The third kappa shape index (κ3) is 4.53. The lowest BCUT2D eigenvalue weighted by molar-refractivity contribution is 0.453. The van der Waals surface area contributed by atoms with Crippen LogP contribution < -0.4 is 5.32 Å². The summed E-state index contributed by atoms with van der Waals surface area (Å²) >= 11 is 1.83. The maximum atomic E-state index is 4.47. The Bertz CT molecular complexity index is 356. The van der Waals surface area contributed by atoms with Crippen LogP contribution in [-0.4, -0.2) is 16.7 Å². The molecule has 1 aromatic heterocycles.